The van der Waals surface area contributed by atoms with Crippen LogP contribution in [0.3, 0.4) is 0 Å². The van der Waals surface area contributed by atoms with E-state index in [4.69, 9.17) is 9.47 Å². The predicted molar refractivity (Wildman–Crippen MR) is 108 cm³/mol. The van der Waals surface area contributed by atoms with Crippen LogP contribution < -0.4 is 4.90 Å². The highest BCUT2D eigenvalue weighted by Gasteiger charge is 2.37. The molecule has 3 aliphatic rings. The molecule has 0 saturated carbocycles. The van der Waals surface area contributed by atoms with Crippen molar-refractivity contribution in [1.82, 2.24) is 9.88 Å². The summed E-state index contributed by atoms with van der Waals surface area (Å²) in [6.45, 7) is 3.33. The number of hydrogen-bond acceptors (Lipinski definition) is 6. The van der Waals surface area contributed by atoms with Crippen molar-refractivity contribution < 1.29 is 19.1 Å². The van der Waals surface area contributed by atoms with Gasteiger partial charge in [-0.15, -0.1) is 0 Å². The zero-order chi connectivity index (χ0) is 20.2. The largest absolute Gasteiger partial charge is 0.465 e. The molecule has 1 amide bonds. The van der Waals surface area contributed by atoms with E-state index < -0.39 is 0 Å². The van der Waals surface area contributed by atoms with Gasteiger partial charge in [-0.3, -0.25) is 14.8 Å². The van der Waals surface area contributed by atoms with E-state index >= 15 is 0 Å². The fraction of sp³-hybridized carbons (Fsp3) is 0.409. The van der Waals surface area contributed by atoms with Gasteiger partial charge in [0.25, 0.3) is 0 Å². The molecule has 5 rings (SSSR count). The van der Waals surface area contributed by atoms with Gasteiger partial charge in [-0.25, -0.2) is 9.59 Å². The first-order valence-corrected chi connectivity index (χ1v) is 9.92. The lowest BCUT2D eigenvalue weighted by Gasteiger charge is -2.44. The molecular formula is C22H25N3O4. The molecule has 2 aromatic rings. The molecule has 3 aliphatic heterocycles. The first-order valence-electron chi connectivity index (χ1n) is 9.92. The monoisotopic (exact) mass is 395 g/mol. The van der Waals surface area contributed by atoms with Gasteiger partial charge in [0.1, 0.15) is 6.10 Å². The number of carbonyl (C=O) groups is 2. The molecule has 1 unspecified atom stereocenters. The molecule has 1 aromatic carbocycles. The number of aromatic nitrogens is 1. The normalized spacial score (nSPS) is 22.7. The number of piperidine rings is 3. The third-order valence-corrected chi connectivity index (χ3v) is 5.74. The lowest BCUT2D eigenvalue weighted by molar-refractivity contribution is -0.0311. The number of fused-ring (bicyclic) bond motifs is 3. The molecule has 0 radical (unpaired) electrons. The van der Waals surface area contributed by atoms with Crippen molar-refractivity contribution in [2.75, 3.05) is 31.6 Å². The second kappa shape index (κ2) is 8.61. The molecule has 7 heteroatoms. The van der Waals surface area contributed by atoms with Gasteiger partial charge in [0.2, 0.25) is 0 Å². The first kappa shape index (κ1) is 19.4. The van der Waals surface area contributed by atoms with Crippen LogP contribution in [-0.4, -0.2) is 54.8 Å². The lowest BCUT2D eigenvalue weighted by Crippen LogP contribution is -2.53. The molecule has 3 saturated heterocycles. The van der Waals surface area contributed by atoms with E-state index in [0.717, 1.165) is 38.0 Å². The van der Waals surface area contributed by atoms with Crippen LogP contribution in [-0.2, 0) is 16.0 Å². The van der Waals surface area contributed by atoms with Crippen LogP contribution in [0, 0.1) is 5.92 Å². The van der Waals surface area contributed by atoms with E-state index in [2.05, 4.69) is 9.88 Å². The van der Waals surface area contributed by atoms with E-state index in [1.54, 1.807) is 35.5 Å². The molecule has 3 fully saturated rings. The van der Waals surface area contributed by atoms with Gasteiger partial charge in [-0.05, 0) is 61.7 Å². The number of methoxy groups -OCH3 is 1. The number of anilines is 1. The number of benzene rings is 1. The Morgan fingerprint density at radius 1 is 1.17 bits per heavy atom. The van der Waals surface area contributed by atoms with Gasteiger partial charge in [0, 0.05) is 12.7 Å². The highest BCUT2D eigenvalue weighted by atomic mass is 16.6. The molecular weight excluding hydrogens is 370 g/mol. The minimum atomic E-state index is -0.387. The second-order valence-electron chi connectivity index (χ2n) is 7.55. The van der Waals surface area contributed by atoms with Crippen LogP contribution in [0.4, 0.5) is 10.5 Å². The second-order valence-corrected chi connectivity index (χ2v) is 7.55. The van der Waals surface area contributed by atoms with Gasteiger partial charge in [0.05, 0.1) is 31.1 Å². The van der Waals surface area contributed by atoms with Crippen LogP contribution in [0.1, 0.15) is 28.8 Å². The zero-order valence-electron chi connectivity index (χ0n) is 16.5. The highest BCUT2D eigenvalue weighted by Crippen LogP contribution is 2.30. The van der Waals surface area contributed by atoms with Crippen LogP contribution in [0.2, 0.25) is 0 Å². The summed E-state index contributed by atoms with van der Waals surface area (Å²) in [6.07, 6.45) is 5.06. The third kappa shape index (κ3) is 4.40. The fourth-order valence-electron chi connectivity index (χ4n) is 4.06. The predicted octanol–water partition coefficient (Wildman–Crippen LogP) is 3.11. The number of nitrogens with zero attached hydrogens (tertiary/aromatic N) is 3. The van der Waals surface area contributed by atoms with Crippen LogP contribution in [0.25, 0.3) is 0 Å². The summed E-state index contributed by atoms with van der Waals surface area (Å²) in [5.74, 6) is 0.0569. The molecule has 0 spiro atoms. The topological polar surface area (TPSA) is 72.0 Å². The minimum Gasteiger partial charge on any atom is -0.465 e. The molecule has 152 valence electrons. The number of ether oxygens (including phenoxy) is 2. The Kier molecular flexibility index (Phi) is 5.76. The van der Waals surface area contributed by atoms with E-state index in [-0.39, 0.29) is 18.2 Å². The molecule has 29 heavy (non-hydrogen) atoms. The molecule has 4 heterocycles. The Morgan fingerprint density at radius 2 is 1.93 bits per heavy atom. The van der Waals surface area contributed by atoms with Gasteiger partial charge in [-0.1, -0.05) is 12.1 Å². The first-order chi connectivity index (χ1) is 14.1. The van der Waals surface area contributed by atoms with Crippen molar-refractivity contribution in [3.05, 3.63) is 59.9 Å². The third-order valence-electron chi connectivity index (χ3n) is 5.74. The highest BCUT2D eigenvalue weighted by molar-refractivity contribution is 5.89. The molecule has 1 atom stereocenters. The number of pyridine rings is 1. The van der Waals surface area contributed by atoms with Crippen molar-refractivity contribution in [1.29, 1.82) is 0 Å². The Hall–Kier alpha value is -2.93. The summed E-state index contributed by atoms with van der Waals surface area (Å²) in [4.78, 5) is 32.8. The zero-order valence-corrected chi connectivity index (χ0v) is 16.5. The molecule has 1 aromatic heterocycles. The van der Waals surface area contributed by atoms with Crippen LogP contribution in [0.5, 0.6) is 0 Å². The Bertz CT molecular complexity index is 848. The summed E-state index contributed by atoms with van der Waals surface area (Å²) in [5.41, 5.74) is 2.03. The van der Waals surface area contributed by atoms with E-state index in [0.29, 0.717) is 23.7 Å². The summed E-state index contributed by atoms with van der Waals surface area (Å²) < 4.78 is 10.7. The van der Waals surface area contributed by atoms with Gasteiger partial charge in [0.15, 0.2) is 0 Å². The average Bonchev–Trinajstić information content (AvgIpc) is 2.78. The van der Waals surface area contributed by atoms with Gasteiger partial charge in [-0.2, -0.15) is 0 Å². The maximum absolute atomic E-state index is 13.1. The number of rotatable bonds is 5. The quantitative estimate of drug-likeness (QED) is 0.725. The van der Waals surface area contributed by atoms with Gasteiger partial charge < -0.3 is 9.47 Å². The smallest absolute Gasteiger partial charge is 0.414 e. The van der Waals surface area contributed by atoms with E-state index in [1.165, 1.54) is 7.11 Å². The van der Waals surface area contributed by atoms with E-state index in [9.17, 15) is 9.59 Å². The number of carbonyl (C=O) groups excluding carboxylic acids is 2. The fourth-order valence-corrected chi connectivity index (χ4v) is 4.06. The SMILES string of the molecule is COC(=O)c1ccc(CN(C(=O)OC2CN3CCC2CC3)c2cccnc2)cc1. The van der Waals surface area contributed by atoms with E-state index in [1.807, 2.05) is 18.2 Å². The molecule has 2 bridgehead atoms. The number of hydrogen-bond donors (Lipinski definition) is 0. The summed E-state index contributed by atoms with van der Waals surface area (Å²) >= 11 is 0. The van der Waals surface area contributed by atoms with Crippen molar-refractivity contribution in [3.8, 4) is 0 Å². The molecule has 7 nitrogen and oxygen atoms in total. The average molecular weight is 395 g/mol. The Morgan fingerprint density at radius 3 is 2.52 bits per heavy atom. The van der Waals surface area contributed by atoms with Crippen molar-refractivity contribution >= 4 is 17.7 Å². The maximum atomic E-state index is 13.1. The summed E-state index contributed by atoms with van der Waals surface area (Å²) in [5, 5.41) is 0. The summed E-state index contributed by atoms with van der Waals surface area (Å²) in [6, 6.07) is 10.7. The van der Waals surface area contributed by atoms with Gasteiger partial charge >= 0.3 is 12.1 Å². The lowest BCUT2D eigenvalue weighted by atomic mass is 9.86. The standard InChI is InChI=1S/C22H25N3O4/c1-28-21(26)18-6-4-16(5-7-18)14-25(19-3-2-10-23-13-19)22(27)29-20-15-24-11-8-17(20)9-12-24/h2-7,10,13,17,20H,8-9,11-12,14-15H2,1H3. The molecule has 0 N–H and O–H groups in total. The number of amides is 1. The maximum Gasteiger partial charge on any atom is 0.414 e. The Labute approximate surface area is 170 Å². The molecule has 0 aliphatic carbocycles. The van der Waals surface area contributed by atoms with Crippen molar-refractivity contribution in [2.45, 2.75) is 25.5 Å². The van der Waals surface area contributed by atoms with Crippen molar-refractivity contribution in [2.24, 2.45) is 5.92 Å². The Balaban J connectivity index is 1.51. The summed E-state index contributed by atoms with van der Waals surface area (Å²) in [7, 11) is 1.35. The number of esters is 1. The van der Waals surface area contributed by atoms with Crippen molar-refractivity contribution in [3.63, 3.8) is 0 Å². The minimum absolute atomic E-state index is 0.0640. The van der Waals surface area contributed by atoms with Crippen LogP contribution >= 0.6 is 0 Å². The van der Waals surface area contributed by atoms with Crippen LogP contribution in [0.15, 0.2) is 48.8 Å².